The summed E-state index contributed by atoms with van der Waals surface area (Å²) in [5.41, 5.74) is 4.03. The molecule has 110 valence electrons. The van der Waals surface area contributed by atoms with E-state index in [0.717, 1.165) is 4.48 Å². The van der Waals surface area contributed by atoms with E-state index in [1.165, 1.54) is 26.7 Å². The quantitative estimate of drug-likeness (QED) is 0.743. The molecule has 0 aromatic heterocycles. The number of rotatable bonds is 2. The highest BCUT2D eigenvalue weighted by atomic mass is 32.2. The van der Waals surface area contributed by atoms with E-state index in [1.807, 2.05) is 11.8 Å². The zero-order valence-electron chi connectivity index (χ0n) is 13.4. The number of hydrogen-bond acceptors (Lipinski definition) is 2. The Kier molecular flexibility index (Phi) is 3.50. The Labute approximate surface area is 132 Å². The Morgan fingerprint density at radius 1 is 0.952 bits per heavy atom. The first-order chi connectivity index (χ1) is 9.89. The van der Waals surface area contributed by atoms with Crippen molar-refractivity contribution < 1.29 is 4.48 Å². The van der Waals surface area contributed by atoms with Crippen LogP contribution in [0, 0.1) is 6.92 Å². The third-order valence-corrected chi connectivity index (χ3v) is 5.40. The number of fused-ring (bicyclic) bond motifs is 2. The molecular formula is C18H23N2S+. The molecule has 3 rings (SSSR count). The van der Waals surface area contributed by atoms with Gasteiger partial charge in [-0.1, -0.05) is 36.0 Å². The van der Waals surface area contributed by atoms with Crippen molar-refractivity contribution in [2.75, 3.05) is 26.0 Å². The van der Waals surface area contributed by atoms with Crippen LogP contribution in [0.5, 0.6) is 0 Å². The molecule has 0 amide bonds. The Bertz CT molecular complexity index is 673. The van der Waals surface area contributed by atoms with E-state index in [0.29, 0.717) is 6.17 Å². The molecule has 0 fully saturated rings. The van der Waals surface area contributed by atoms with Crippen LogP contribution in [0.2, 0.25) is 0 Å². The number of benzene rings is 2. The van der Waals surface area contributed by atoms with E-state index < -0.39 is 0 Å². The van der Waals surface area contributed by atoms with E-state index in [-0.39, 0.29) is 0 Å². The first-order valence-electron chi connectivity index (χ1n) is 7.36. The summed E-state index contributed by atoms with van der Waals surface area (Å²) in [7, 11) is 6.77. The monoisotopic (exact) mass is 299 g/mol. The standard InChI is InChI=1S/C18H23N2S/c1-13-9-8-12-17-18(13)19(14(2)20(3,4)5)15-10-6-7-11-16(15)21-17/h6-12,14H,1-5H3/q+1. The summed E-state index contributed by atoms with van der Waals surface area (Å²) in [6.07, 6.45) is 0.367. The van der Waals surface area contributed by atoms with Gasteiger partial charge in [0.25, 0.3) is 0 Å². The molecular weight excluding hydrogens is 276 g/mol. The molecule has 0 saturated heterocycles. The van der Waals surface area contributed by atoms with Crippen LogP contribution in [0.25, 0.3) is 0 Å². The minimum Gasteiger partial charge on any atom is -0.311 e. The van der Waals surface area contributed by atoms with Crippen LogP contribution in [-0.2, 0) is 0 Å². The molecule has 1 heterocycles. The summed E-state index contributed by atoms with van der Waals surface area (Å²) < 4.78 is 0.896. The van der Waals surface area contributed by atoms with Crippen LogP contribution in [0.4, 0.5) is 11.4 Å². The minimum absolute atomic E-state index is 0.367. The van der Waals surface area contributed by atoms with Crippen molar-refractivity contribution in [1.29, 1.82) is 0 Å². The molecule has 2 nitrogen and oxygen atoms in total. The van der Waals surface area contributed by atoms with Crippen LogP contribution < -0.4 is 4.90 Å². The Morgan fingerprint density at radius 3 is 2.33 bits per heavy atom. The lowest BCUT2D eigenvalue weighted by Crippen LogP contribution is -2.52. The van der Waals surface area contributed by atoms with Crippen LogP contribution in [-0.4, -0.2) is 31.8 Å². The average molecular weight is 299 g/mol. The van der Waals surface area contributed by atoms with Gasteiger partial charge in [0.1, 0.15) is 0 Å². The maximum atomic E-state index is 2.51. The molecule has 1 aliphatic rings. The fourth-order valence-corrected chi connectivity index (χ4v) is 3.90. The minimum atomic E-state index is 0.367. The van der Waals surface area contributed by atoms with Gasteiger partial charge in [-0.3, -0.25) is 4.90 Å². The van der Waals surface area contributed by atoms with Crippen molar-refractivity contribution in [3.63, 3.8) is 0 Å². The smallest absolute Gasteiger partial charge is 0.165 e. The van der Waals surface area contributed by atoms with E-state index in [2.05, 4.69) is 82.4 Å². The van der Waals surface area contributed by atoms with Crippen molar-refractivity contribution in [1.82, 2.24) is 0 Å². The SMILES string of the molecule is Cc1cccc2c1N(C(C)[N+](C)(C)C)c1ccccc1S2. The second-order valence-electron chi connectivity index (χ2n) is 6.61. The highest BCUT2D eigenvalue weighted by molar-refractivity contribution is 7.99. The highest BCUT2D eigenvalue weighted by Gasteiger charge is 2.34. The molecule has 0 spiro atoms. The van der Waals surface area contributed by atoms with Crippen molar-refractivity contribution >= 4 is 23.1 Å². The predicted octanol–water partition coefficient (Wildman–Crippen LogP) is 4.65. The maximum absolute atomic E-state index is 2.51. The van der Waals surface area contributed by atoms with Gasteiger partial charge in [0.05, 0.1) is 32.5 Å². The summed E-state index contributed by atoms with van der Waals surface area (Å²) in [6, 6.07) is 15.3. The number of nitrogens with zero attached hydrogens (tertiary/aromatic N) is 2. The van der Waals surface area contributed by atoms with Gasteiger partial charge in [-0.2, -0.15) is 0 Å². The lowest BCUT2D eigenvalue weighted by Gasteiger charge is -2.43. The van der Waals surface area contributed by atoms with Crippen molar-refractivity contribution in [3.8, 4) is 0 Å². The first kappa shape index (κ1) is 14.5. The molecule has 3 heteroatoms. The van der Waals surface area contributed by atoms with Crippen molar-refractivity contribution in [2.45, 2.75) is 29.8 Å². The maximum Gasteiger partial charge on any atom is 0.165 e. The summed E-state index contributed by atoms with van der Waals surface area (Å²) in [5.74, 6) is 0. The van der Waals surface area contributed by atoms with Gasteiger partial charge in [0, 0.05) is 16.7 Å². The molecule has 0 radical (unpaired) electrons. The molecule has 0 saturated carbocycles. The number of hydrogen-bond donors (Lipinski definition) is 0. The van der Waals surface area contributed by atoms with Gasteiger partial charge in [0.15, 0.2) is 6.17 Å². The lowest BCUT2D eigenvalue weighted by molar-refractivity contribution is -0.892. The highest BCUT2D eigenvalue weighted by Crippen LogP contribution is 2.50. The molecule has 1 aliphatic heterocycles. The zero-order valence-corrected chi connectivity index (χ0v) is 14.2. The molecule has 1 unspecified atom stereocenters. The van der Waals surface area contributed by atoms with Crippen LogP contribution >= 0.6 is 11.8 Å². The molecule has 0 aliphatic carbocycles. The van der Waals surface area contributed by atoms with Gasteiger partial charge in [-0.05, 0) is 30.7 Å². The summed E-state index contributed by atoms with van der Waals surface area (Å²) >= 11 is 1.88. The van der Waals surface area contributed by atoms with E-state index in [9.17, 15) is 0 Å². The molecule has 0 bridgehead atoms. The van der Waals surface area contributed by atoms with Crippen LogP contribution in [0.1, 0.15) is 12.5 Å². The second kappa shape index (κ2) is 5.08. The van der Waals surface area contributed by atoms with Gasteiger partial charge < -0.3 is 4.48 Å². The predicted molar refractivity (Wildman–Crippen MR) is 91.4 cm³/mol. The van der Waals surface area contributed by atoms with Crippen molar-refractivity contribution in [3.05, 3.63) is 48.0 Å². The largest absolute Gasteiger partial charge is 0.311 e. The molecule has 21 heavy (non-hydrogen) atoms. The average Bonchev–Trinajstić information content (AvgIpc) is 2.43. The Morgan fingerprint density at radius 2 is 1.62 bits per heavy atom. The molecule has 2 aromatic rings. The number of quaternary nitrogens is 1. The lowest BCUT2D eigenvalue weighted by atomic mass is 10.1. The van der Waals surface area contributed by atoms with E-state index >= 15 is 0 Å². The third-order valence-electron chi connectivity index (χ3n) is 4.28. The normalized spacial score (nSPS) is 15.4. The number of para-hydroxylation sites is 2. The fourth-order valence-electron chi connectivity index (χ4n) is 2.74. The molecule has 1 atom stereocenters. The Balaban J connectivity index is 2.23. The van der Waals surface area contributed by atoms with Gasteiger partial charge in [-0.25, -0.2) is 0 Å². The number of aryl methyl sites for hydroxylation is 1. The van der Waals surface area contributed by atoms with Crippen LogP contribution in [0.15, 0.2) is 52.3 Å². The summed E-state index contributed by atoms with van der Waals surface area (Å²) in [5, 5.41) is 0. The topological polar surface area (TPSA) is 3.24 Å². The fraction of sp³-hybridized carbons (Fsp3) is 0.333. The third kappa shape index (κ3) is 2.45. The summed E-state index contributed by atoms with van der Waals surface area (Å²) in [6.45, 7) is 4.52. The van der Waals surface area contributed by atoms with Gasteiger partial charge in [0.2, 0.25) is 0 Å². The second-order valence-corrected chi connectivity index (χ2v) is 7.69. The van der Waals surface area contributed by atoms with Crippen LogP contribution in [0.3, 0.4) is 0 Å². The molecule has 2 aromatic carbocycles. The Hall–Kier alpha value is -1.45. The first-order valence-corrected chi connectivity index (χ1v) is 8.18. The molecule has 0 N–H and O–H groups in total. The zero-order chi connectivity index (χ0) is 15.2. The van der Waals surface area contributed by atoms with E-state index in [4.69, 9.17) is 0 Å². The summed E-state index contributed by atoms with van der Waals surface area (Å²) in [4.78, 5) is 5.21. The van der Waals surface area contributed by atoms with Crippen molar-refractivity contribution in [2.24, 2.45) is 0 Å². The van der Waals surface area contributed by atoms with E-state index in [1.54, 1.807) is 0 Å². The van der Waals surface area contributed by atoms with Gasteiger partial charge >= 0.3 is 0 Å². The van der Waals surface area contributed by atoms with Gasteiger partial charge in [-0.15, -0.1) is 0 Å². The number of anilines is 2.